The van der Waals surface area contributed by atoms with Crippen LogP contribution in [0.2, 0.25) is 0 Å². The molecule has 1 aromatic heterocycles. The summed E-state index contributed by atoms with van der Waals surface area (Å²) in [5.41, 5.74) is 0. The standard InChI is InChI=1S/C11H10BrF2N3O/c1-6-15-16-10(17(6)2)5-18-9-4-7(12)3-8(13)11(9)14/h3-4H,5H2,1-2H3. The van der Waals surface area contributed by atoms with E-state index in [1.165, 1.54) is 6.07 Å². The maximum absolute atomic E-state index is 13.4. The summed E-state index contributed by atoms with van der Waals surface area (Å²) in [5, 5.41) is 7.71. The Labute approximate surface area is 111 Å². The van der Waals surface area contributed by atoms with E-state index in [4.69, 9.17) is 4.74 Å². The Morgan fingerprint density at radius 2 is 2.06 bits per heavy atom. The van der Waals surface area contributed by atoms with Gasteiger partial charge in [0.2, 0.25) is 5.82 Å². The number of rotatable bonds is 3. The summed E-state index contributed by atoms with van der Waals surface area (Å²) in [6, 6.07) is 2.40. The van der Waals surface area contributed by atoms with Gasteiger partial charge in [0.25, 0.3) is 0 Å². The van der Waals surface area contributed by atoms with Gasteiger partial charge in [-0.3, -0.25) is 0 Å². The Balaban J connectivity index is 2.18. The first-order valence-corrected chi connectivity index (χ1v) is 5.90. The number of aryl methyl sites for hydroxylation is 1. The SMILES string of the molecule is Cc1nnc(COc2cc(Br)cc(F)c2F)n1C. The second-order valence-corrected chi connectivity index (χ2v) is 4.63. The zero-order valence-corrected chi connectivity index (χ0v) is 11.3. The molecule has 0 atom stereocenters. The molecule has 0 spiro atoms. The van der Waals surface area contributed by atoms with E-state index in [-0.39, 0.29) is 12.4 Å². The van der Waals surface area contributed by atoms with E-state index >= 15 is 0 Å². The summed E-state index contributed by atoms with van der Waals surface area (Å²) in [4.78, 5) is 0. The summed E-state index contributed by atoms with van der Waals surface area (Å²) in [7, 11) is 1.77. The zero-order valence-electron chi connectivity index (χ0n) is 9.75. The van der Waals surface area contributed by atoms with Gasteiger partial charge in [0.05, 0.1) is 0 Å². The third-order valence-electron chi connectivity index (χ3n) is 2.50. The Hall–Kier alpha value is -1.50. The molecule has 0 N–H and O–H groups in total. The summed E-state index contributed by atoms with van der Waals surface area (Å²) >= 11 is 3.07. The van der Waals surface area contributed by atoms with E-state index in [2.05, 4.69) is 26.1 Å². The minimum atomic E-state index is -1.02. The van der Waals surface area contributed by atoms with Gasteiger partial charge < -0.3 is 9.30 Å². The first kappa shape index (κ1) is 12.9. The largest absolute Gasteiger partial charge is 0.482 e. The van der Waals surface area contributed by atoms with E-state index in [0.29, 0.717) is 10.3 Å². The van der Waals surface area contributed by atoms with Gasteiger partial charge in [-0.05, 0) is 19.1 Å². The van der Waals surface area contributed by atoms with Crippen molar-refractivity contribution < 1.29 is 13.5 Å². The van der Waals surface area contributed by atoms with Gasteiger partial charge in [-0.2, -0.15) is 4.39 Å². The molecule has 0 aliphatic heterocycles. The Morgan fingerprint density at radius 3 is 2.67 bits per heavy atom. The third kappa shape index (κ3) is 2.50. The molecule has 96 valence electrons. The number of halogens is 3. The smallest absolute Gasteiger partial charge is 0.200 e. The Bertz CT molecular complexity index is 586. The summed E-state index contributed by atoms with van der Waals surface area (Å²) in [6.45, 7) is 1.81. The van der Waals surface area contributed by atoms with Crippen molar-refractivity contribution in [3.63, 3.8) is 0 Å². The zero-order chi connectivity index (χ0) is 13.3. The molecule has 0 fully saturated rings. The Kier molecular flexibility index (Phi) is 3.60. The molecule has 0 radical (unpaired) electrons. The monoisotopic (exact) mass is 317 g/mol. The lowest BCUT2D eigenvalue weighted by molar-refractivity contribution is 0.271. The van der Waals surface area contributed by atoms with Crippen LogP contribution in [0.25, 0.3) is 0 Å². The predicted octanol–water partition coefficient (Wildman–Crippen LogP) is 2.74. The molecule has 7 heteroatoms. The minimum absolute atomic E-state index is 0.0180. The van der Waals surface area contributed by atoms with E-state index in [1.54, 1.807) is 18.5 Å². The Morgan fingerprint density at radius 1 is 1.33 bits per heavy atom. The lowest BCUT2D eigenvalue weighted by Gasteiger charge is -2.08. The molecule has 2 rings (SSSR count). The van der Waals surface area contributed by atoms with Crippen LogP contribution in [0.3, 0.4) is 0 Å². The van der Waals surface area contributed by atoms with Crippen molar-refractivity contribution in [2.75, 3.05) is 0 Å². The van der Waals surface area contributed by atoms with Crippen molar-refractivity contribution in [1.82, 2.24) is 14.8 Å². The minimum Gasteiger partial charge on any atom is -0.482 e. The summed E-state index contributed by atoms with van der Waals surface area (Å²) in [5.74, 6) is -0.894. The summed E-state index contributed by atoms with van der Waals surface area (Å²) in [6.07, 6.45) is 0. The van der Waals surface area contributed by atoms with E-state index < -0.39 is 11.6 Å². The van der Waals surface area contributed by atoms with E-state index in [0.717, 1.165) is 11.9 Å². The topological polar surface area (TPSA) is 39.9 Å². The number of ether oxygens (including phenoxy) is 1. The first-order chi connectivity index (χ1) is 8.49. The molecule has 1 heterocycles. The average Bonchev–Trinajstić information content (AvgIpc) is 2.63. The highest BCUT2D eigenvalue weighted by Crippen LogP contribution is 2.25. The predicted molar refractivity (Wildman–Crippen MR) is 64.1 cm³/mol. The number of hydrogen-bond donors (Lipinski definition) is 0. The van der Waals surface area contributed by atoms with Crippen molar-refractivity contribution in [2.24, 2.45) is 7.05 Å². The number of benzene rings is 1. The van der Waals surface area contributed by atoms with Crippen molar-refractivity contribution in [3.8, 4) is 5.75 Å². The molecule has 1 aromatic carbocycles. The fourth-order valence-electron chi connectivity index (χ4n) is 1.36. The highest BCUT2D eigenvalue weighted by atomic mass is 79.9. The third-order valence-corrected chi connectivity index (χ3v) is 2.96. The quantitative estimate of drug-likeness (QED) is 0.817. The van der Waals surface area contributed by atoms with Crippen molar-refractivity contribution >= 4 is 15.9 Å². The van der Waals surface area contributed by atoms with Crippen LogP contribution in [-0.4, -0.2) is 14.8 Å². The molecule has 0 bridgehead atoms. The normalized spacial score (nSPS) is 10.7. The van der Waals surface area contributed by atoms with E-state index in [1.807, 2.05) is 0 Å². The van der Waals surface area contributed by atoms with Gasteiger partial charge >= 0.3 is 0 Å². The lowest BCUT2D eigenvalue weighted by Crippen LogP contribution is -2.05. The molecule has 0 unspecified atom stereocenters. The van der Waals surface area contributed by atoms with Crippen LogP contribution in [0.5, 0.6) is 5.75 Å². The number of hydrogen-bond acceptors (Lipinski definition) is 3. The van der Waals surface area contributed by atoms with Gasteiger partial charge in [0, 0.05) is 11.5 Å². The van der Waals surface area contributed by atoms with Crippen LogP contribution in [0, 0.1) is 18.6 Å². The fraction of sp³-hybridized carbons (Fsp3) is 0.273. The van der Waals surface area contributed by atoms with Crippen molar-refractivity contribution in [3.05, 3.63) is 39.9 Å². The van der Waals surface area contributed by atoms with Gasteiger partial charge in [-0.1, -0.05) is 15.9 Å². The lowest BCUT2D eigenvalue weighted by atomic mass is 10.3. The molecule has 4 nitrogen and oxygen atoms in total. The van der Waals surface area contributed by atoms with Gasteiger partial charge in [-0.25, -0.2) is 4.39 Å². The van der Waals surface area contributed by atoms with Gasteiger partial charge in [0.15, 0.2) is 17.4 Å². The van der Waals surface area contributed by atoms with Crippen LogP contribution >= 0.6 is 15.9 Å². The number of nitrogens with zero attached hydrogens (tertiary/aromatic N) is 3. The second kappa shape index (κ2) is 5.01. The highest BCUT2D eigenvalue weighted by molar-refractivity contribution is 9.10. The van der Waals surface area contributed by atoms with Gasteiger partial charge in [-0.15, -0.1) is 10.2 Å². The van der Waals surface area contributed by atoms with Crippen LogP contribution in [0.15, 0.2) is 16.6 Å². The molecule has 0 aliphatic rings. The number of aromatic nitrogens is 3. The maximum atomic E-state index is 13.4. The van der Waals surface area contributed by atoms with Crippen LogP contribution in [0.1, 0.15) is 11.6 Å². The van der Waals surface area contributed by atoms with Crippen molar-refractivity contribution in [1.29, 1.82) is 0 Å². The molecular weight excluding hydrogens is 308 g/mol. The van der Waals surface area contributed by atoms with Crippen LogP contribution < -0.4 is 4.74 Å². The van der Waals surface area contributed by atoms with Crippen LogP contribution in [0.4, 0.5) is 8.78 Å². The average molecular weight is 318 g/mol. The molecule has 0 aliphatic carbocycles. The molecular formula is C11H10BrF2N3O. The summed E-state index contributed by atoms with van der Waals surface area (Å²) < 4.78 is 33.9. The van der Waals surface area contributed by atoms with Crippen molar-refractivity contribution in [2.45, 2.75) is 13.5 Å². The maximum Gasteiger partial charge on any atom is 0.200 e. The molecule has 0 saturated heterocycles. The second-order valence-electron chi connectivity index (χ2n) is 3.71. The first-order valence-electron chi connectivity index (χ1n) is 5.11. The highest BCUT2D eigenvalue weighted by Gasteiger charge is 2.13. The molecule has 18 heavy (non-hydrogen) atoms. The van der Waals surface area contributed by atoms with E-state index in [9.17, 15) is 8.78 Å². The molecule has 0 saturated carbocycles. The van der Waals surface area contributed by atoms with Crippen LogP contribution in [-0.2, 0) is 13.7 Å². The molecule has 2 aromatic rings. The molecule has 0 amide bonds. The van der Waals surface area contributed by atoms with Gasteiger partial charge in [0.1, 0.15) is 12.4 Å². The fourth-order valence-corrected chi connectivity index (χ4v) is 1.77.